The molecule has 4 aromatic rings. The van der Waals surface area contributed by atoms with Crippen LogP contribution >= 0.6 is 0 Å². The number of nitro groups is 1. The number of amides is 1. The predicted molar refractivity (Wildman–Crippen MR) is 116 cm³/mol. The largest absolute Gasteiger partial charge is 0.416 e. The highest BCUT2D eigenvalue weighted by Crippen LogP contribution is 2.34. The van der Waals surface area contributed by atoms with Gasteiger partial charge < -0.3 is 4.57 Å². The fourth-order valence-corrected chi connectivity index (χ4v) is 3.53. The minimum Gasteiger partial charge on any atom is -0.331 e. The van der Waals surface area contributed by atoms with Crippen LogP contribution in [0.2, 0.25) is 0 Å². The van der Waals surface area contributed by atoms with Gasteiger partial charge in [-0.15, -0.1) is 0 Å². The third-order valence-corrected chi connectivity index (χ3v) is 5.04. The lowest BCUT2D eigenvalue weighted by Gasteiger charge is -2.16. The number of para-hydroxylation sites is 2. The molecule has 4 rings (SSSR count). The summed E-state index contributed by atoms with van der Waals surface area (Å²) in [6.45, 7) is -0.261. The number of nitrogens with zero attached hydrogens (tertiary/aromatic N) is 2. The molecule has 0 bridgehead atoms. The van der Waals surface area contributed by atoms with Crippen LogP contribution in [0.25, 0.3) is 21.8 Å². The van der Waals surface area contributed by atoms with Crippen LogP contribution in [0, 0.1) is 10.1 Å². The normalized spacial score (nSPS) is 11.5. The number of hydrogen-bond donors (Lipinski definition) is 2. The maximum absolute atomic E-state index is 12.9. The van der Waals surface area contributed by atoms with Crippen molar-refractivity contribution in [2.45, 2.75) is 12.7 Å². The molecule has 0 radical (unpaired) electrons. The van der Waals surface area contributed by atoms with Crippen LogP contribution in [-0.2, 0) is 17.5 Å². The Labute approximate surface area is 183 Å². The van der Waals surface area contributed by atoms with E-state index >= 15 is 0 Å². The van der Waals surface area contributed by atoms with Gasteiger partial charge in [-0.3, -0.25) is 30.6 Å². The van der Waals surface area contributed by atoms with Crippen LogP contribution in [0.5, 0.6) is 0 Å². The lowest BCUT2D eigenvalue weighted by atomic mass is 10.1. The molecule has 2 N–H and O–H groups in total. The van der Waals surface area contributed by atoms with Crippen LogP contribution in [0.4, 0.5) is 24.5 Å². The van der Waals surface area contributed by atoms with Crippen molar-refractivity contribution < 1.29 is 22.9 Å². The summed E-state index contributed by atoms with van der Waals surface area (Å²) in [7, 11) is 0. The molecule has 0 spiro atoms. The van der Waals surface area contributed by atoms with E-state index in [4.69, 9.17) is 0 Å². The zero-order valence-corrected chi connectivity index (χ0v) is 16.7. The summed E-state index contributed by atoms with van der Waals surface area (Å²) in [5.41, 5.74) is 3.09. The summed E-state index contributed by atoms with van der Waals surface area (Å²) >= 11 is 0. The Kier molecular flexibility index (Phi) is 5.46. The molecule has 1 heterocycles. The third kappa shape index (κ3) is 4.20. The number of hydrogen-bond acceptors (Lipinski definition) is 5. The topological polar surface area (TPSA) is 106 Å². The molecular formula is C22H15F3N4O4. The molecule has 0 atom stereocenters. The fourth-order valence-electron chi connectivity index (χ4n) is 3.53. The molecule has 0 aliphatic rings. The SMILES string of the molecule is O=C(Cn1c2ccccc2c(=O)c2ccccc21)NNc1ccc(C(F)(F)F)cc1[N+](=O)[O-]. The Morgan fingerprint density at radius 2 is 1.55 bits per heavy atom. The first-order valence-electron chi connectivity index (χ1n) is 9.57. The quantitative estimate of drug-likeness (QED) is 0.266. The summed E-state index contributed by atoms with van der Waals surface area (Å²) in [6, 6.07) is 15.4. The molecular weight excluding hydrogens is 441 g/mol. The zero-order chi connectivity index (χ0) is 23.8. The van der Waals surface area contributed by atoms with Crippen molar-refractivity contribution in [1.82, 2.24) is 9.99 Å². The Morgan fingerprint density at radius 1 is 0.970 bits per heavy atom. The second kappa shape index (κ2) is 8.26. The lowest BCUT2D eigenvalue weighted by Crippen LogP contribution is -2.33. The molecule has 33 heavy (non-hydrogen) atoms. The number of rotatable bonds is 5. The van der Waals surface area contributed by atoms with Crippen molar-refractivity contribution >= 4 is 39.1 Å². The van der Waals surface area contributed by atoms with Crippen molar-refractivity contribution in [2.75, 3.05) is 5.43 Å². The van der Waals surface area contributed by atoms with Crippen LogP contribution < -0.4 is 16.3 Å². The maximum atomic E-state index is 12.9. The summed E-state index contributed by atoms with van der Waals surface area (Å²) in [4.78, 5) is 35.6. The van der Waals surface area contributed by atoms with Gasteiger partial charge in [0.05, 0.1) is 21.5 Å². The number of carbonyl (C=O) groups is 1. The Morgan fingerprint density at radius 3 is 2.09 bits per heavy atom. The third-order valence-electron chi connectivity index (χ3n) is 5.04. The molecule has 1 aromatic heterocycles. The van der Waals surface area contributed by atoms with E-state index in [0.29, 0.717) is 33.9 Å². The van der Waals surface area contributed by atoms with Gasteiger partial charge in [0.25, 0.3) is 11.6 Å². The second-order valence-corrected chi connectivity index (χ2v) is 7.11. The molecule has 0 fully saturated rings. The number of carbonyl (C=O) groups excluding carboxylic acids is 1. The van der Waals surface area contributed by atoms with E-state index in [9.17, 15) is 32.9 Å². The number of aromatic nitrogens is 1. The van der Waals surface area contributed by atoms with Crippen molar-refractivity contribution in [1.29, 1.82) is 0 Å². The van der Waals surface area contributed by atoms with Gasteiger partial charge in [-0.2, -0.15) is 13.2 Å². The number of nitro benzene ring substituents is 1. The van der Waals surface area contributed by atoms with Gasteiger partial charge in [0.2, 0.25) is 0 Å². The molecule has 0 aliphatic heterocycles. The van der Waals surface area contributed by atoms with Crippen LogP contribution in [0.3, 0.4) is 0 Å². The molecule has 0 aliphatic carbocycles. The summed E-state index contributed by atoms with van der Waals surface area (Å²) < 4.78 is 40.2. The molecule has 3 aromatic carbocycles. The Bertz CT molecular complexity index is 1400. The van der Waals surface area contributed by atoms with Crippen LogP contribution in [0.1, 0.15) is 5.56 Å². The zero-order valence-electron chi connectivity index (χ0n) is 16.7. The molecule has 1 amide bonds. The number of alkyl halides is 3. The molecule has 8 nitrogen and oxygen atoms in total. The highest BCUT2D eigenvalue weighted by atomic mass is 19.4. The van der Waals surface area contributed by atoms with Crippen LogP contribution in [0.15, 0.2) is 71.5 Å². The van der Waals surface area contributed by atoms with Crippen molar-refractivity contribution in [3.63, 3.8) is 0 Å². The van der Waals surface area contributed by atoms with Gasteiger partial charge in [-0.25, -0.2) is 0 Å². The molecule has 168 valence electrons. The molecule has 11 heteroatoms. The molecule has 0 saturated heterocycles. The number of halogens is 3. The summed E-state index contributed by atoms with van der Waals surface area (Å²) in [5.74, 6) is -0.636. The second-order valence-electron chi connectivity index (χ2n) is 7.11. The number of fused-ring (bicyclic) bond motifs is 2. The highest BCUT2D eigenvalue weighted by Gasteiger charge is 2.33. The first kappa shape index (κ1) is 21.8. The van der Waals surface area contributed by atoms with E-state index in [1.54, 1.807) is 53.1 Å². The first-order chi connectivity index (χ1) is 15.7. The predicted octanol–water partition coefficient (Wildman–Crippen LogP) is 4.23. The minimum absolute atomic E-state index is 0.184. The Hall–Kier alpha value is -4.41. The van der Waals surface area contributed by atoms with Gasteiger partial charge in [-0.1, -0.05) is 24.3 Å². The van der Waals surface area contributed by atoms with Gasteiger partial charge >= 0.3 is 6.18 Å². The fraction of sp³-hybridized carbons (Fsp3) is 0.0909. The number of nitrogens with one attached hydrogen (secondary N) is 2. The standard InChI is InChI=1S/C22H15F3N4O4/c23-22(24,25)13-9-10-16(19(11-13)29(32)33)26-27-20(30)12-28-17-7-3-1-5-14(17)21(31)15-6-2-4-8-18(15)28/h1-11,26H,12H2,(H,27,30). The van der Waals surface area contributed by atoms with Gasteiger partial charge in [0.15, 0.2) is 5.43 Å². The van der Waals surface area contributed by atoms with Gasteiger partial charge in [0, 0.05) is 16.8 Å². The number of anilines is 1. The van der Waals surface area contributed by atoms with E-state index < -0.39 is 28.3 Å². The van der Waals surface area contributed by atoms with E-state index in [0.717, 1.165) is 6.07 Å². The van der Waals surface area contributed by atoms with Crippen molar-refractivity contribution in [2.24, 2.45) is 0 Å². The number of benzene rings is 3. The van der Waals surface area contributed by atoms with E-state index in [1.165, 1.54) is 0 Å². The summed E-state index contributed by atoms with van der Waals surface area (Å²) in [6.07, 6.45) is -4.75. The van der Waals surface area contributed by atoms with E-state index in [1.807, 2.05) is 0 Å². The van der Waals surface area contributed by atoms with Crippen molar-refractivity contribution in [3.8, 4) is 0 Å². The molecule has 0 unspecified atom stereocenters. The van der Waals surface area contributed by atoms with E-state index in [2.05, 4.69) is 10.9 Å². The monoisotopic (exact) mass is 456 g/mol. The first-order valence-corrected chi connectivity index (χ1v) is 9.57. The Balaban J connectivity index is 1.64. The molecule has 0 saturated carbocycles. The maximum Gasteiger partial charge on any atom is 0.416 e. The number of hydrazine groups is 1. The van der Waals surface area contributed by atoms with Crippen LogP contribution in [-0.4, -0.2) is 15.4 Å². The average Bonchev–Trinajstić information content (AvgIpc) is 2.79. The van der Waals surface area contributed by atoms with Gasteiger partial charge in [-0.05, 0) is 36.4 Å². The average molecular weight is 456 g/mol. The van der Waals surface area contributed by atoms with Crippen molar-refractivity contribution in [3.05, 3.63) is 92.6 Å². The highest BCUT2D eigenvalue weighted by molar-refractivity contribution is 5.95. The summed E-state index contributed by atoms with van der Waals surface area (Å²) in [5, 5.41) is 12.0. The van der Waals surface area contributed by atoms with E-state index in [-0.39, 0.29) is 17.7 Å². The smallest absolute Gasteiger partial charge is 0.331 e. The lowest BCUT2D eigenvalue weighted by molar-refractivity contribution is -0.384. The number of pyridine rings is 1. The van der Waals surface area contributed by atoms with Gasteiger partial charge in [0.1, 0.15) is 12.2 Å². The minimum atomic E-state index is -4.75.